The lowest BCUT2D eigenvalue weighted by atomic mass is 9.75. The number of hydrogen-bond acceptors (Lipinski definition) is 5. The Morgan fingerprint density at radius 3 is 2.88 bits per heavy atom. The van der Waals surface area contributed by atoms with Crippen LogP contribution in [0.3, 0.4) is 0 Å². The van der Waals surface area contributed by atoms with Crippen molar-refractivity contribution in [1.29, 1.82) is 0 Å². The van der Waals surface area contributed by atoms with Gasteiger partial charge in [0.05, 0.1) is 31.9 Å². The largest absolute Gasteiger partial charge is 0.465 e. The Kier molecular flexibility index (Phi) is 4.71. The minimum Gasteiger partial charge on any atom is -0.465 e. The predicted octanol–water partition coefficient (Wildman–Crippen LogP) is 2.26. The van der Waals surface area contributed by atoms with Crippen LogP contribution in [0.1, 0.15) is 27.5 Å². The molecule has 24 heavy (non-hydrogen) atoms. The first kappa shape index (κ1) is 17.1. The van der Waals surface area contributed by atoms with Crippen molar-refractivity contribution in [3.05, 3.63) is 51.8 Å². The number of methoxy groups -OCH3 is 1. The van der Waals surface area contributed by atoms with Crippen LogP contribution in [0.25, 0.3) is 0 Å². The van der Waals surface area contributed by atoms with Gasteiger partial charge in [0, 0.05) is 16.7 Å². The maximum atomic E-state index is 16.0. The summed E-state index contributed by atoms with van der Waals surface area (Å²) in [5, 5.41) is 6.70. The van der Waals surface area contributed by atoms with Crippen LogP contribution in [0.15, 0.2) is 34.9 Å². The highest BCUT2D eigenvalue weighted by atomic mass is 79.9. The van der Waals surface area contributed by atoms with Crippen molar-refractivity contribution in [1.82, 2.24) is 10.2 Å². The number of aromatic amines is 1. The highest BCUT2D eigenvalue weighted by Gasteiger charge is 2.50. The van der Waals surface area contributed by atoms with Crippen LogP contribution in [-0.4, -0.2) is 42.5 Å². The molecule has 8 heteroatoms. The van der Waals surface area contributed by atoms with Gasteiger partial charge in [-0.3, -0.25) is 5.10 Å². The van der Waals surface area contributed by atoms with Crippen molar-refractivity contribution in [2.45, 2.75) is 17.6 Å². The Labute approximate surface area is 146 Å². The van der Waals surface area contributed by atoms with Crippen LogP contribution in [0.2, 0.25) is 0 Å². The topological polar surface area (TPSA) is 90.2 Å². The van der Waals surface area contributed by atoms with E-state index in [0.29, 0.717) is 5.56 Å². The first-order valence-corrected chi connectivity index (χ1v) is 8.17. The zero-order valence-electron chi connectivity index (χ0n) is 13.0. The number of aromatic nitrogens is 2. The SMILES string of the molecule is COC(=O)c1c[nH]nc1C1C(N)COCC1(F)c1ccc(Br)cc1. The van der Waals surface area contributed by atoms with Gasteiger partial charge in [-0.05, 0) is 17.7 Å². The molecule has 0 aliphatic carbocycles. The number of halogens is 2. The fourth-order valence-electron chi connectivity index (χ4n) is 3.09. The van der Waals surface area contributed by atoms with Crippen molar-refractivity contribution in [3.63, 3.8) is 0 Å². The van der Waals surface area contributed by atoms with E-state index >= 15 is 4.39 Å². The third kappa shape index (κ3) is 2.85. The van der Waals surface area contributed by atoms with Crippen LogP contribution in [0.5, 0.6) is 0 Å². The van der Waals surface area contributed by atoms with Gasteiger partial charge in [0.2, 0.25) is 0 Å². The molecule has 1 aromatic heterocycles. The fraction of sp³-hybridized carbons (Fsp3) is 0.375. The fourth-order valence-corrected chi connectivity index (χ4v) is 3.35. The number of nitrogens with two attached hydrogens (primary N) is 1. The Morgan fingerprint density at radius 1 is 1.50 bits per heavy atom. The zero-order valence-corrected chi connectivity index (χ0v) is 14.5. The highest BCUT2D eigenvalue weighted by Crippen LogP contribution is 2.45. The van der Waals surface area contributed by atoms with Gasteiger partial charge < -0.3 is 15.2 Å². The summed E-state index contributed by atoms with van der Waals surface area (Å²) in [5.74, 6) is -1.43. The second-order valence-electron chi connectivity index (χ2n) is 5.70. The van der Waals surface area contributed by atoms with E-state index in [1.165, 1.54) is 13.3 Å². The number of rotatable bonds is 3. The van der Waals surface area contributed by atoms with Gasteiger partial charge in [0.25, 0.3) is 0 Å². The molecule has 1 fully saturated rings. The Hall–Kier alpha value is -1.77. The standard InChI is InChI=1S/C16H17BrFN3O3/c1-23-15(22)11-6-20-21-14(11)13-12(19)7-24-8-16(13,18)9-2-4-10(17)5-3-9/h2-6,12-13H,7-8,19H2,1H3,(H,20,21). The Bertz CT molecular complexity index is 736. The summed E-state index contributed by atoms with van der Waals surface area (Å²) in [6.45, 7) is 0.0147. The van der Waals surface area contributed by atoms with Crippen LogP contribution in [0, 0.1) is 0 Å². The number of benzene rings is 1. The van der Waals surface area contributed by atoms with Crippen molar-refractivity contribution in [2.24, 2.45) is 5.73 Å². The third-order valence-corrected chi connectivity index (χ3v) is 4.77. The van der Waals surface area contributed by atoms with E-state index in [4.69, 9.17) is 15.2 Å². The van der Waals surface area contributed by atoms with E-state index in [1.807, 2.05) is 0 Å². The number of nitrogens with zero attached hydrogens (tertiary/aromatic N) is 1. The van der Waals surface area contributed by atoms with Crippen LogP contribution < -0.4 is 5.73 Å². The Balaban J connectivity index is 2.09. The smallest absolute Gasteiger partial charge is 0.341 e. The first-order chi connectivity index (χ1) is 11.5. The maximum Gasteiger partial charge on any atom is 0.341 e. The molecule has 1 aliphatic rings. The van der Waals surface area contributed by atoms with Crippen LogP contribution in [0.4, 0.5) is 4.39 Å². The summed E-state index contributed by atoms with van der Waals surface area (Å²) in [4.78, 5) is 12.0. The van der Waals surface area contributed by atoms with Gasteiger partial charge in [0.15, 0.2) is 5.67 Å². The third-order valence-electron chi connectivity index (χ3n) is 4.24. The average Bonchev–Trinajstić information content (AvgIpc) is 3.03. The van der Waals surface area contributed by atoms with Crippen LogP contribution in [-0.2, 0) is 15.1 Å². The van der Waals surface area contributed by atoms with Gasteiger partial charge in [-0.15, -0.1) is 0 Å². The molecule has 3 atom stereocenters. The molecule has 1 saturated heterocycles. The van der Waals surface area contributed by atoms with Crippen molar-refractivity contribution < 1.29 is 18.7 Å². The molecule has 2 aromatic rings. The van der Waals surface area contributed by atoms with E-state index in [2.05, 4.69) is 26.1 Å². The minimum atomic E-state index is -1.91. The normalized spacial score (nSPS) is 27.0. The number of alkyl halides is 1. The lowest BCUT2D eigenvalue weighted by Gasteiger charge is -2.41. The summed E-state index contributed by atoms with van der Waals surface area (Å²) in [7, 11) is 1.26. The molecule has 0 radical (unpaired) electrons. The van der Waals surface area contributed by atoms with Gasteiger partial charge in [-0.1, -0.05) is 28.1 Å². The summed E-state index contributed by atoms with van der Waals surface area (Å²) in [5.41, 5.74) is 5.09. The van der Waals surface area contributed by atoms with E-state index < -0.39 is 23.6 Å². The lowest BCUT2D eigenvalue weighted by Crippen LogP contribution is -2.51. The maximum absolute atomic E-state index is 16.0. The zero-order chi connectivity index (χ0) is 17.3. The molecule has 3 N–H and O–H groups in total. The van der Waals surface area contributed by atoms with Gasteiger partial charge >= 0.3 is 5.97 Å². The molecule has 128 valence electrons. The van der Waals surface area contributed by atoms with E-state index in [9.17, 15) is 4.79 Å². The number of ether oxygens (including phenoxy) is 2. The minimum absolute atomic E-state index is 0.166. The first-order valence-electron chi connectivity index (χ1n) is 7.37. The molecule has 0 amide bonds. The van der Waals surface area contributed by atoms with E-state index in [0.717, 1.165) is 4.47 Å². The molecular weight excluding hydrogens is 381 g/mol. The van der Waals surface area contributed by atoms with Crippen molar-refractivity contribution in [2.75, 3.05) is 20.3 Å². The molecule has 3 unspecified atom stereocenters. The van der Waals surface area contributed by atoms with Gasteiger partial charge in [0.1, 0.15) is 5.56 Å². The molecule has 2 heterocycles. The van der Waals surface area contributed by atoms with Crippen LogP contribution >= 0.6 is 15.9 Å². The summed E-state index contributed by atoms with van der Waals surface area (Å²) >= 11 is 3.34. The van der Waals surface area contributed by atoms with E-state index in [1.54, 1.807) is 24.3 Å². The number of hydrogen-bond donors (Lipinski definition) is 2. The number of esters is 1. The molecule has 1 aliphatic heterocycles. The van der Waals surface area contributed by atoms with Gasteiger partial charge in [-0.25, -0.2) is 9.18 Å². The number of carbonyl (C=O) groups excluding carboxylic acids is 1. The molecule has 6 nitrogen and oxygen atoms in total. The monoisotopic (exact) mass is 397 g/mol. The lowest BCUT2D eigenvalue weighted by molar-refractivity contribution is -0.0638. The molecular formula is C16H17BrFN3O3. The van der Waals surface area contributed by atoms with Gasteiger partial charge in [-0.2, -0.15) is 5.10 Å². The van der Waals surface area contributed by atoms with Crippen molar-refractivity contribution in [3.8, 4) is 0 Å². The molecule has 0 bridgehead atoms. The average molecular weight is 398 g/mol. The van der Waals surface area contributed by atoms with E-state index in [-0.39, 0.29) is 24.5 Å². The number of nitrogens with one attached hydrogen (secondary N) is 1. The van der Waals surface area contributed by atoms with Crippen molar-refractivity contribution >= 4 is 21.9 Å². The second-order valence-corrected chi connectivity index (χ2v) is 6.62. The molecule has 0 saturated carbocycles. The molecule has 0 spiro atoms. The highest BCUT2D eigenvalue weighted by molar-refractivity contribution is 9.10. The predicted molar refractivity (Wildman–Crippen MR) is 88.4 cm³/mol. The summed E-state index contributed by atoms with van der Waals surface area (Å²) in [6.07, 6.45) is 1.39. The molecule has 1 aromatic carbocycles. The number of carbonyl (C=O) groups is 1. The summed E-state index contributed by atoms with van der Waals surface area (Å²) < 4.78 is 27.0. The number of H-pyrrole nitrogens is 1. The Morgan fingerprint density at radius 2 is 2.21 bits per heavy atom. The molecule has 3 rings (SSSR count). The quantitative estimate of drug-likeness (QED) is 0.775. The second kappa shape index (κ2) is 6.62. The summed E-state index contributed by atoms with van der Waals surface area (Å²) in [6, 6.07) is 6.18.